The van der Waals surface area contributed by atoms with Gasteiger partial charge in [-0.3, -0.25) is 9.69 Å². The van der Waals surface area contributed by atoms with Gasteiger partial charge in [0.1, 0.15) is 11.9 Å². The van der Waals surface area contributed by atoms with E-state index in [4.69, 9.17) is 4.74 Å². The minimum Gasteiger partial charge on any atom is -0.379 e. The summed E-state index contributed by atoms with van der Waals surface area (Å²) in [6, 6.07) is 2.92. The number of ether oxygens (including phenoxy) is 1. The molecule has 0 aromatic carbocycles. The van der Waals surface area contributed by atoms with Gasteiger partial charge in [-0.25, -0.2) is 0 Å². The number of carbonyl (C=O) groups excluding carboxylic acids is 1. The van der Waals surface area contributed by atoms with Gasteiger partial charge in [0, 0.05) is 24.3 Å². The first kappa shape index (κ1) is 18.0. The molecule has 0 spiro atoms. The standard InChI is InChI=1S/C19H28N4O2/c1-13-12-25-9-8-22(13)11-18(24)21-19-17(10-20)14(2)15(3)23(19)16-6-4-5-7-16/h13,16H,4-9,11-12H2,1-3H3,(H,21,24)/t13-/m0/s1. The lowest BCUT2D eigenvalue weighted by Gasteiger charge is -2.32. The fourth-order valence-electron chi connectivity index (χ4n) is 4.06. The molecule has 0 unspecified atom stereocenters. The summed E-state index contributed by atoms with van der Waals surface area (Å²) in [4.78, 5) is 14.8. The summed E-state index contributed by atoms with van der Waals surface area (Å²) in [5.41, 5.74) is 2.68. The van der Waals surface area contributed by atoms with E-state index in [0.717, 1.165) is 30.6 Å². The topological polar surface area (TPSA) is 70.3 Å². The maximum atomic E-state index is 12.7. The van der Waals surface area contributed by atoms with E-state index in [1.165, 1.54) is 12.8 Å². The number of rotatable bonds is 4. The number of nitrogens with zero attached hydrogens (tertiary/aromatic N) is 3. The molecule has 6 heteroatoms. The van der Waals surface area contributed by atoms with Gasteiger partial charge in [0.2, 0.25) is 5.91 Å². The van der Waals surface area contributed by atoms with Gasteiger partial charge in [-0.15, -0.1) is 0 Å². The minimum atomic E-state index is -0.0537. The second-order valence-corrected chi connectivity index (χ2v) is 7.30. The van der Waals surface area contributed by atoms with E-state index in [1.54, 1.807) is 0 Å². The summed E-state index contributed by atoms with van der Waals surface area (Å²) in [5, 5.41) is 12.7. The molecule has 1 aromatic rings. The molecule has 1 aliphatic carbocycles. The molecule has 6 nitrogen and oxygen atoms in total. The summed E-state index contributed by atoms with van der Waals surface area (Å²) < 4.78 is 7.63. The number of hydrogen-bond acceptors (Lipinski definition) is 4. The largest absolute Gasteiger partial charge is 0.379 e. The van der Waals surface area contributed by atoms with Gasteiger partial charge >= 0.3 is 0 Å². The van der Waals surface area contributed by atoms with E-state index >= 15 is 0 Å². The lowest BCUT2D eigenvalue weighted by molar-refractivity contribution is -0.119. The number of aromatic nitrogens is 1. The van der Waals surface area contributed by atoms with Gasteiger partial charge in [-0.1, -0.05) is 12.8 Å². The van der Waals surface area contributed by atoms with Crippen molar-refractivity contribution in [2.75, 3.05) is 31.6 Å². The van der Waals surface area contributed by atoms with Crippen molar-refractivity contribution in [1.82, 2.24) is 9.47 Å². The number of morpholine rings is 1. The molecule has 136 valence electrons. The van der Waals surface area contributed by atoms with Crippen molar-refractivity contribution in [2.45, 2.75) is 58.5 Å². The zero-order chi connectivity index (χ0) is 18.0. The summed E-state index contributed by atoms with van der Waals surface area (Å²) in [6.45, 7) is 8.52. The normalized spacial score (nSPS) is 22.1. The van der Waals surface area contributed by atoms with Crippen molar-refractivity contribution in [1.29, 1.82) is 5.26 Å². The highest BCUT2D eigenvalue weighted by molar-refractivity contribution is 5.93. The Morgan fingerprint density at radius 1 is 1.36 bits per heavy atom. The Labute approximate surface area is 149 Å². The summed E-state index contributed by atoms with van der Waals surface area (Å²) >= 11 is 0. The van der Waals surface area contributed by atoms with Crippen LogP contribution in [0.4, 0.5) is 5.82 Å². The highest BCUT2D eigenvalue weighted by Crippen LogP contribution is 2.37. The van der Waals surface area contributed by atoms with E-state index < -0.39 is 0 Å². The van der Waals surface area contributed by atoms with Gasteiger partial charge in [-0.05, 0) is 39.2 Å². The van der Waals surface area contributed by atoms with Gasteiger partial charge < -0.3 is 14.6 Å². The molecule has 0 radical (unpaired) electrons. The highest BCUT2D eigenvalue weighted by atomic mass is 16.5. The van der Waals surface area contributed by atoms with Crippen LogP contribution >= 0.6 is 0 Å². The number of carbonyl (C=O) groups is 1. The first-order valence-corrected chi connectivity index (χ1v) is 9.26. The molecule has 0 bridgehead atoms. The third-order valence-corrected chi connectivity index (χ3v) is 5.67. The lowest BCUT2D eigenvalue weighted by Crippen LogP contribution is -2.47. The Bertz CT molecular complexity index is 683. The molecule has 1 saturated heterocycles. The third-order valence-electron chi connectivity index (χ3n) is 5.67. The van der Waals surface area contributed by atoms with Crippen LogP contribution in [0.15, 0.2) is 0 Å². The second-order valence-electron chi connectivity index (χ2n) is 7.30. The Balaban J connectivity index is 1.82. The molecule has 1 N–H and O–H groups in total. The molecule has 1 amide bonds. The second kappa shape index (κ2) is 7.59. The molecule has 2 heterocycles. The van der Waals surface area contributed by atoms with Crippen molar-refractivity contribution in [2.24, 2.45) is 0 Å². The van der Waals surface area contributed by atoms with Crippen LogP contribution < -0.4 is 5.32 Å². The van der Waals surface area contributed by atoms with Crippen molar-refractivity contribution >= 4 is 11.7 Å². The molecule has 3 rings (SSSR count). The number of amides is 1. The third kappa shape index (κ3) is 3.58. The number of anilines is 1. The fraction of sp³-hybridized carbons (Fsp3) is 0.684. The molecule has 1 aliphatic heterocycles. The van der Waals surface area contributed by atoms with Crippen molar-refractivity contribution in [3.05, 3.63) is 16.8 Å². The number of hydrogen-bond donors (Lipinski definition) is 1. The van der Waals surface area contributed by atoms with E-state index in [9.17, 15) is 10.1 Å². The Morgan fingerprint density at radius 3 is 2.72 bits per heavy atom. The Morgan fingerprint density at radius 2 is 2.08 bits per heavy atom. The van der Waals surface area contributed by atoms with E-state index in [2.05, 4.69) is 27.8 Å². The molecular weight excluding hydrogens is 316 g/mol. The predicted molar refractivity (Wildman–Crippen MR) is 96.6 cm³/mol. The minimum absolute atomic E-state index is 0.0537. The number of nitriles is 1. The highest BCUT2D eigenvalue weighted by Gasteiger charge is 2.28. The average Bonchev–Trinajstić information content (AvgIpc) is 3.18. The van der Waals surface area contributed by atoms with Gasteiger partial charge in [0.05, 0.1) is 25.3 Å². The molecule has 25 heavy (non-hydrogen) atoms. The van der Waals surface area contributed by atoms with Crippen LogP contribution in [0.5, 0.6) is 0 Å². The average molecular weight is 344 g/mol. The smallest absolute Gasteiger partial charge is 0.239 e. The summed E-state index contributed by atoms with van der Waals surface area (Å²) in [5.74, 6) is 0.636. The summed E-state index contributed by atoms with van der Waals surface area (Å²) in [6.07, 6.45) is 4.65. The zero-order valence-corrected chi connectivity index (χ0v) is 15.5. The van der Waals surface area contributed by atoms with Crippen molar-refractivity contribution < 1.29 is 9.53 Å². The van der Waals surface area contributed by atoms with Gasteiger partial charge in [0.25, 0.3) is 0 Å². The van der Waals surface area contributed by atoms with Crippen LogP contribution in [-0.4, -0.2) is 47.7 Å². The van der Waals surface area contributed by atoms with Gasteiger partial charge in [0.15, 0.2) is 0 Å². The van der Waals surface area contributed by atoms with E-state index in [0.29, 0.717) is 37.2 Å². The SMILES string of the molecule is Cc1c(C#N)c(NC(=O)CN2CCOC[C@@H]2C)n(C2CCCC2)c1C. The molecule has 2 fully saturated rings. The van der Waals surface area contributed by atoms with Crippen LogP contribution in [0.1, 0.15) is 55.5 Å². The maximum absolute atomic E-state index is 12.7. The van der Waals surface area contributed by atoms with E-state index in [1.807, 2.05) is 13.8 Å². The first-order chi connectivity index (χ1) is 12.0. The van der Waals surface area contributed by atoms with Crippen LogP contribution in [-0.2, 0) is 9.53 Å². The van der Waals surface area contributed by atoms with Crippen LogP contribution in [0, 0.1) is 25.2 Å². The molecule has 1 atom stereocenters. The Hall–Kier alpha value is -1.84. The van der Waals surface area contributed by atoms with Gasteiger partial charge in [-0.2, -0.15) is 5.26 Å². The predicted octanol–water partition coefficient (Wildman–Crippen LogP) is 2.75. The van der Waals surface area contributed by atoms with Crippen LogP contribution in [0.2, 0.25) is 0 Å². The Kier molecular flexibility index (Phi) is 5.45. The zero-order valence-electron chi connectivity index (χ0n) is 15.5. The molecule has 1 aromatic heterocycles. The molecule has 1 saturated carbocycles. The van der Waals surface area contributed by atoms with Crippen LogP contribution in [0.3, 0.4) is 0 Å². The summed E-state index contributed by atoms with van der Waals surface area (Å²) in [7, 11) is 0. The molecule has 2 aliphatic rings. The lowest BCUT2D eigenvalue weighted by atomic mass is 10.2. The molecular formula is C19H28N4O2. The van der Waals surface area contributed by atoms with E-state index in [-0.39, 0.29) is 11.9 Å². The van der Waals surface area contributed by atoms with Crippen molar-refractivity contribution in [3.8, 4) is 6.07 Å². The van der Waals surface area contributed by atoms with Crippen molar-refractivity contribution in [3.63, 3.8) is 0 Å². The number of nitrogens with one attached hydrogen (secondary N) is 1. The fourth-order valence-corrected chi connectivity index (χ4v) is 4.06. The maximum Gasteiger partial charge on any atom is 0.239 e. The van der Waals surface area contributed by atoms with Crippen LogP contribution in [0.25, 0.3) is 0 Å². The monoisotopic (exact) mass is 344 g/mol. The first-order valence-electron chi connectivity index (χ1n) is 9.26. The quantitative estimate of drug-likeness (QED) is 0.912.